The Morgan fingerprint density at radius 1 is 1.27 bits per heavy atom. The van der Waals surface area contributed by atoms with Crippen molar-refractivity contribution in [2.45, 2.75) is 25.8 Å². The van der Waals surface area contributed by atoms with Crippen LogP contribution in [0.2, 0.25) is 0 Å². The fourth-order valence-corrected chi connectivity index (χ4v) is 2.83. The van der Waals surface area contributed by atoms with Crippen molar-refractivity contribution in [1.82, 2.24) is 15.5 Å². The normalized spacial score (nSPS) is 16.3. The number of rotatable bonds is 6. The van der Waals surface area contributed by atoms with Gasteiger partial charge in [0, 0.05) is 18.7 Å². The molecule has 2 amide bonds. The molecule has 0 saturated carbocycles. The monoisotopic (exact) mass is 305 g/mol. The van der Waals surface area contributed by atoms with Crippen LogP contribution in [-0.2, 0) is 6.54 Å². The minimum absolute atomic E-state index is 0.112. The highest BCUT2D eigenvalue weighted by Crippen LogP contribution is 2.19. The number of nitrogens with zero attached hydrogens (tertiary/aromatic N) is 1. The second kappa shape index (κ2) is 8.63. The maximum atomic E-state index is 11.8. The summed E-state index contributed by atoms with van der Waals surface area (Å²) in [6, 6.07) is 7.60. The molecule has 1 fully saturated rings. The van der Waals surface area contributed by atoms with E-state index >= 15 is 0 Å². The van der Waals surface area contributed by atoms with Crippen LogP contribution in [0.1, 0.15) is 24.8 Å². The van der Waals surface area contributed by atoms with Crippen molar-refractivity contribution in [2.24, 2.45) is 5.92 Å². The summed E-state index contributed by atoms with van der Waals surface area (Å²) in [7, 11) is 3.81. The third kappa shape index (κ3) is 5.22. The summed E-state index contributed by atoms with van der Waals surface area (Å²) in [5, 5.41) is 5.82. The Morgan fingerprint density at radius 2 is 2.00 bits per heavy atom. The van der Waals surface area contributed by atoms with Crippen molar-refractivity contribution in [3.8, 4) is 5.75 Å². The maximum absolute atomic E-state index is 11.8. The molecule has 1 heterocycles. The summed E-state index contributed by atoms with van der Waals surface area (Å²) in [4.78, 5) is 14.2. The zero-order valence-corrected chi connectivity index (χ0v) is 13.6. The minimum atomic E-state index is -0.112. The molecule has 0 aliphatic carbocycles. The van der Waals surface area contributed by atoms with Crippen molar-refractivity contribution in [3.63, 3.8) is 0 Å². The first-order valence-corrected chi connectivity index (χ1v) is 8.01. The fourth-order valence-electron chi connectivity index (χ4n) is 2.83. The average molecular weight is 305 g/mol. The standard InChI is InChI=1S/C17H27N3O2/c1-20-11-8-14(9-12-20)7-10-18-17(21)19-13-15-5-3-4-6-16(15)22-2/h3-6,14H,7-13H2,1-2H3,(H2,18,19,21). The van der Waals surface area contributed by atoms with Gasteiger partial charge in [0.15, 0.2) is 0 Å². The Balaban J connectivity index is 1.64. The molecular weight excluding hydrogens is 278 g/mol. The number of amides is 2. The zero-order chi connectivity index (χ0) is 15.8. The van der Waals surface area contributed by atoms with E-state index in [4.69, 9.17) is 4.74 Å². The molecule has 0 spiro atoms. The van der Waals surface area contributed by atoms with E-state index < -0.39 is 0 Å². The lowest BCUT2D eigenvalue weighted by Crippen LogP contribution is -2.37. The second-order valence-electron chi connectivity index (χ2n) is 5.96. The van der Waals surface area contributed by atoms with E-state index in [-0.39, 0.29) is 6.03 Å². The number of para-hydroxylation sites is 1. The van der Waals surface area contributed by atoms with Crippen LogP contribution in [0, 0.1) is 5.92 Å². The average Bonchev–Trinajstić information content (AvgIpc) is 2.55. The Labute approximate surface area is 133 Å². The van der Waals surface area contributed by atoms with Gasteiger partial charge in [0.25, 0.3) is 0 Å². The highest BCUT2D eigenvalue weighted by Gasteiger charge is 2.16. The molecule has 2 N–H and O–H groups in total. The molecule has 0 atom stereocenters. The van der Waals surface area contributed by atoms with Gasteiger partial charge in [0.05, 0.1) is 7.11 Å². The molecule has 1 aliphatic heterocycles. The maximum Gasteiger partial charge on any atom is 0.315 e. The fraction of sp³-hybridized carbons (Fsp3) is 0.588. The molecule has 2 rings (SSSR count). The number of nitrogens with one attached hydrogen (secondary N) is 2. The molecular formula is C17H27N3O2. The van der Waals surface area contributed by atoms with Gasteiger partial charge in [0.1, 0.15) is 5.75 Å². The minimum Gasteiger partial charge on any atom is -0.496 e. The summed E-state index contributed by atoms with van der Waals surface area (Å²) in [6.45, 7) is 3.56. The van der Waals surface area contributed by atoms with E-state index in [9.17, 15) is 4.79 Å². The molecule has 1 aromatic rings. The largest absolute Gasteiger partial charge is 0.496 e. The third-order valence-corrected chi connectivity index (χ3v) is 4.31. The van der Waals surface area contributed by atoms with Gasteiger partial charge in [-0.1, -0.05) is 18.2 Å². The lowest BCUT2D eigenvalue weighted by molar-refractivity contribution is 0.209. The first-order chi connectivity index (χ1) is 10.7. The Hall–Kier alpha value is -1.75. The number of piperidine rings is 1. The number of likely N-dealkylation sites (tertiary alicyclic amines) is 1. The van der Waals surface area contributed by atoms with Crippen LogP contribution in [0.3, 0.4) is 0 Å². The topological polar surface area (TPSA) is 53.6 Å². The molecule has 1 aliphatic rings. The van der Waals surface area contributed by atoms with Crippen molar-refractivity contribution in [3.05, 3.63) is 29.8 Å². The van der Waals surface area contributed by atoms with Gasteiger partial charge >= 0.3 is 6.03 Å². The molecule has 22 heavy (non-hydrogen) atoms. The predicted octanol–water partition coefficient (Wildman–Crippen LogP) is 2.23. The van der Waals surface area contributed by atoms with Crippen LogP contribution in [0.25, 0.3) is 0 Å². The van der Waals surface area contributed by atoms with Gasteiger partial charge < -0.3 is 20.3 Å². The number of urea groups is 1. The second-order valence-corrected chi connectivity index (χ2v) is 5.96. The smallest absolute Gasteiger partial charge is 0.315 e. The van der Waals surface area contributed by atoms with Crippen LogP contribution < -0.4 is 15.4 Å². The molecule has 0 radical (unpaired) electrons. The van der Waals surface area contributed by atoms with Gasteiger partial charge in [-0.15, -0.1) is 0 Å². The quantitative estimate of drug-likeness (QED) is 0.847. The Kier molecular flexibility index (Phi) is 6.52. The summed E-state index contributed by atoms with van der Waals surface area (Å²) in [6.07, 6.45) is 3.54. The SMILES string of the molecule is COc1ccccc1CNC(=O)NCCC1CCN(C)CC1. The highest BCUT2D eigenvalue weighted by atomic mass is 16.5. The van der Waals surface area contributed by atoms with Crippen molar-refractivity contribution < 1.29 is 9.53 Å². The number of carbonyl (C=O) groups is 1. The summed E-state index contributed by atoms with van der Waals surface area (Å²) in [5.41, 5.74) is 0.982. The van der Waals surface area contributed by atoms with E-state index in [2.05, 4.69) is 22.6 Å². The number of hydrogen-bond acceptors (Lipinski definition) is 3. The zero-order valence-electron chi connectivity index (χ0n) is 13.6. The summed E-state index contributed by atoms with van der Waals surface area (Å²) < 4.78 is 5.27. The van der Waals surface area contributed by atoms with Crippen LogP contribution in [0.5, 0.6) is 5.75 Å². The number of benzene rings is 1. The van der Waals surface area contributed by atoms with Gasteiger partial charge in [-0.2, -0.15) is 0 Å². The molecule has 1 aromatic carbocycles. The van der Waals surface area contributed by atoms with Crippen LogP contribution >= 0.6 is 0 Å². The molecule has 122 valence electrons. The first kappa shape index (κ1) is 16.6. The number of hydrogen-bond donors (Lipinski definition) is 2. The van der Waals surface area contributed by atoms with Crippen molar-refractivity contribution in [2.75, 3.05) is 33.8 Å². The van der Waals surface area contributed by atoms with Crippen LogP contribution in [0.15, 0.2) is 24.3 Å². The van der Waals surface area contributed by atoms with E-state index in [1.807, 2.05) is 24.3 Å². The lowest BCUT2D eigenvalue weighted by atomic mass is 9.94. The van der Waals surface area contributed by atoms with E-state index in [0.717, 1.165) is 30.2 Å². The van der Waals surface area contributed by atoms with Crippen LogP contribution in [-0.4, -0.2) is 44.7 Å². The summed E-state index contributed by atoms with van der Waals surface area (Å²) in [5.74, 6) is 1.54. The number of ether oxygens (including phenoxy) is 1. The number of carbonyl (C=O) groups excluding carboxylic acids is 1. The molecule has 0 aromatic heterocycles. The summed E-state index contributed by atoms with van der Waals surface area (Å²) >= 11 is 0. The Bertz CT molecular complexity index is 471. The van der Waals surface area contributed by atoms with E-state index in [1.54, 1.807) is 7.11 Å². The molecule has 0 bridgehead atoms. The van der Waals surface area contributed by atoms with Crippen molar-refractivity contribution in [1.29, 1.82) is 0 Å². The molecule has 0 unspecified atom stereocenters. The Morgan fingerprint density at radius 3 is 2.73 bits per heavy atom. The first-order valence-electron chi connectivity index (χ1n) is 8.01. The van der Waals surface area contributed by atoms with Gasteiger partial charge in [0.2, 0.25) is 0 Å². The predicted molar refractivity (Wildman–Crippen MR) is 88.1 cm³/mol. The number of methoxy groups -OCH3 is 1. The molecule has 5 nitrogen and oxygen atoms in total. The van der Waals surface area contributed by atoms with Gasteiger partial charge in [-0.25, -0.2) is 4.79 Å². The highest BCUT2D eigenvalue weighted by molar-refractivity contribution is 5.73. The third-order valence-electron chi connectivity index (χ3n) is 4.31. The molecule has 1 saturated heterocycles. The molecule has 5 heteroatoms. The van der Waals surface area contributed by atoms with E-state index in [1.165, 1.54) is 25.9 Å². The lowest BCUT2D eigenvalue weighted by Gasteiger charge is -2.28. The van der Waals surface area contributed by atoms with E-state index in [0.29, 0.717) is 6.54 Å². The van der Waals surface area contributed by atoms with Crippen molar-refractivity contribution >= 4 is 6.03 Å². The van der Waals surface area contributed by atoms with Gasteiger partial charge in [-0.3, -0.25) is 0 Å². The van der Waals surface area contributed by atoms with Gasteiger partial charge in [-0.05, 0) is 51.4 Å². The van der Waals surface area contributed by atoms with Crippen LogP contribution in [0.4, 0.5) is 4.79 Å².